The molecule has 2 saturated heterocycles. The number of nitrogens with one attached hydrogen (secondary N) is 2. The van der Waals surface area contributed by atoms with Crippen molar-refractivity contribution in [3.63, 3.8) is 0 Å². The largest absolute Gasteiger partial charge is 0.339 e. The van der Waals surface area contributed by atoms with E-state index in [2.05, 4.69) is 20.4 Å². The highest BCUT2D eigenvalue weighted by atomic mass is 16.2. The third-order valence-corrected chi connectivity index (χ3v) is 5.79. The molecule has 1 atom stereocenters. The maximum Gasteiger partial charge on any atom is 0.222 e. The van der Waals surface area contributed by atoms with Crippen LogP contribution in [0.5, 0.6) is 0 Å². The molecule has 114 valence electrons. The Bertz CT molecular complexity index is 532. The second-order valence-electron chi connectivity index (χ2n) is 7.04. The van der Waals surface area contributed by atoms with Crippen LogP contribution in [-0.4, -0.2) is 46.7 Å². The molecule has 0 aromatic carbocycles. The Morgan fingerprint density at radius 3 is 2.95 bits per heavy atom. The van der Waals surface area contributed by atoms with Crippen molar-refractivity contribution in [2.24, 2.45) is 5.41 Å². The predicted molar refractivity (Wildman–Crippen MR) is 79.9 cm³/mol. The SMILES string of the molecule is O=C1CCC2(CCNCC2)CN1C1CCc2[nH]ncc2C1. The van der Waals surface area contributed by atoms with Crippen LogP contribution in [0.15, 0.2) is 6.20 Å². The van der Waals surface area contributed by atoms with Crippen LogP contribution in [0.3, 0.4) is 0 Å². The zero-order valence-corrected chi connectivity index (χ0v) is 12.5. The molecule has 21 heavy (non-hydrogen) atoms. The van der Waals surface area contributed by atoms with Crippen molar-refractivity contribution in [3.05, 3.63) is 17.5 Å². The van der Waals surface area contributed by atoms with Crippen LogP contribution in [-0.2, 0) is 17.6 Å². The van der Waals surface area contributed by atoms with Gasteiger partial charge in [-0.1, -0.05) is 0 Å². The molecule has 0 radical (unpaired) electrons. The summed E-state index contributed by atoms with van der Waals surface area (Å²) in [5.74, 6) is 0.371. The summed E-state index contributed by atoms with van der Waals surface area (Å²) in [5.41, 5.74) is 2.96. The van der Waals surface area contributed by atoms with Gasteiger partial charge in [0.2, 0.25) is 5.91 Å². The lowest BCUT2D eigenvalue weighted by Gasteiger charge is -2.48. The van der Waals surface area contributed by atoms with E-state index in [9.17, 15) is 4.79 Å². The van der Waals surface area contributed by atoms with Gasteiger partial charge in [0.15, 0.2) is 0 Å². The first kappa shape index (κ1) is 13.3. The van der Waals surface area contributed by atoms with Gasteiger partial charge in [-0.15, -0.1) is 0 Å². The number of aromatic nitrogens is 2. The number of hydrogen-bond donors (Lipinski definition) is 2. The third-order valence-electron chi connectivity index (χ3n) is 5.79. The van der Waals surface area contributed by atoms with E-state index in [4.69, 9.17) is 0 Å². The van der Waals surface area contributed by atoms with Gasteiger partial charge >= 0.3 is 0 Å². The molecular formula is C16H24N4O. The molecule has 2 aliphatic heterocycles. The van der Waals surface area contributed by atoms with Gasteiger partial charge in [0.05, 0.1) is 6.20 Å². The van der Waals surface area contributed by atoms with E-state index in [1.165, 1.54) is 24.1 Å². The Morgan fingerprint density at radius 1 is 1.24 bits per heavy atom. The first-order valence-electron chi connectivity index (χ1n) is 8.27. The summed E-state index contributed by atoms with van der Waals surface area (Å²) in [6.07, 6.45) is 9.30. The molecule has 4 rings (SSSR count). The second kappa shape index (κ2) is 5.13. The predicted octanol–water partition coefficient (Wildman–Crippen LogP) is 1.26. The summed E-state index contributed by atoms with van der Waals surface area (Å²) in [7, 11) is 0. The van der Waals surface area contributed by atoms with E-state index < -0.39 is 0 Å². The minimum atomic E-state index is 0.371. The minimum Gasteiger partial charge on any atom is -0.339 e. The van der Waals surface area contributed by atoms with Crippen molar-refractivity contribution in [1.29, 1.82) is 0 Å². The van der Waals surface area contributed by atoms with Crippen LogP contribution in [0.1, 0.15) is 43.4 Å². The molecular weight excluding hydrogens is 264 g/mol. The van der Waals surface area contributed by atoms with Crippen LogP contribution in [0.25, 0.3) is 0 Å². The normalized spacial score (nSPS) is 28.7. The lowest BCUT2D eigenvalue weighted by Crippen LogP contribution is -2.54. The highest BCUT2D eigenvalue weighted by Crippen LogP contribution is 2.40. The third kappa shape index (κ3) is 2.37. The Hall–Kier alpha value is -1.36. The Kier molecular flexibility index (Phi) is 3.25. The molecule has 1 amide bonds. The number of rotatable bonds is 1. The fraction of sp³-hybridized carbons (Fsp3) is 0.750. The smallest absolute Gasteiger partial charge is 0.222 e. The lowest BCUT2D eigenvalue weighted by molar-refractivity contribution is -0.141. The van der Waals surface area contributed by atoms with Gasteiger partial charge in [-0.25, -0.2) is 0 Å². The second-order valence-corrected chi connectivity index (χ2v) is 7.04. The molecule has 1 unspecified atom stereocenters. The van der Waals surface area contributed by atoms with Crippen molar-refractivity contribution in [2.45, 2.75) is 51.0 Å². The number of aromatic amines is 1. The van der Waals surface area contributed by atoms with Gasteiger partial charge in [-0.3, -0.25) is 9.89 Å². The maximum atomic E-state index is 12.5. The average molecular weight is 288 g/mol. The summed E-state index contributed by atoms with van der Waals surface area (Å²) in [6.45, 7) is 3.20. The standard InChI is InChI=1S/C16H24N4O/c21-15-3-4-16(5-7-17-8-6-16)11-20(15)13-1-2-14-12(9-13)10-18-19-14/h10,13,17H,1-9,11H2,(H,18,19). The van der Waals surface area contributed by atoms with E-state index in [-0.39, 0.29) is 0 Å². The number of fused-ring (bicyclic) bond motifs is 1. The summed E-state index contributed by atoms with van der Waals surface area (Å²) < 4.78 is 0. The van der Waals surface area contributed by atoms with Gasteiger partial charge in [0.1, 0.15) is 0 Å². The zero-order valence-electron chi connectivity index (χ0n) is 12.5. The molecule has 1 aromatic heterocycles. The number of carbonyl (C=O) groups is 1. The molecule has 5 nitrogen and oxygen atoms in total. The van der Waals surface area contributed by atoms with Gasteiger partial charge in [0.25, 0.3) is 0 Å². The van der Waals surface area contributed by atoms with Crippen molar-refractivity contribution < 1.29 is 4.79 Å². The molecule has 3 aliphatic rings. The van der Waals surface area contributed by atoms with E-state index in [0.29, 0.717) is 17.4 Å². The number of likely N-dealkylation sites (tertiary alicyclic amines) is 1. The van der Waals surface area contributed by atoms with Crippen molar-refractivity contribution in [2.75, 3.05) is 19.6 Å². The Labute approximate surface area is 125 Å². The summed E-state index contributed by atoms with van der Waals surface area (Å²) in [6, 6.07) is 0.384. The van der Waals surface area contributed by atoms with Crippen LogP contribution < -0.4 is 5.32 Å². The molecule has 2 fully saturated rings. The number of nitrogens with zero attached hydrogens (tertiary/aromatic N) is 2. The molecule has 0 saturated carbocycles. The topological polar surface area (TPSA) is 61.0 Å². The lowest BCUT2D eigenvalue weighted by atomic mass is 9.72. The van der Waals surface area contributed by atoms with Crippen LogP contribution >= 0.6 is 0 Å². The van der Waals surface area contributed by atoms with Gasteiger partial charge in [-0.2, -0.15) is 5.10 Å². The molecule has 5 heteroatoms. The van der Waals surface area contributed by atoms with Gasteiger partial charge in [-0.05, 0) is 62.6 Å². The monoisotopic (exact) mass is 288 g/mol. The van der Waals surface area contributed by atoms with E-state index in [0.717, 1.165) is 51.7 Å². The number of aryl methyl sites for hydroxylation is 1. The highest BCUT2D eigenvalue weighted by Gasteiger charge is 2.42. The molecule has 2 N–H and O–H groups in total. The highest BCUT2D eigenvalue weighted by molar-refractivity contribution is 5.77. The van der Waals surface area contributed by atoms with Gasteiger partial charge < -0.3 is 10.2 Å². The number of amides is 1. The quantitative estimate of drug-likeness (QED) is 0.818. The number of hydrogen-bond acceptors (Lipinski definition) is 3. The van der Waals surface area contributed by atoms with Crippen LogP contribution in [0, 0.1) is 5.41 Å². The Morgan fingerprint density at radius 2 is 2.10 bits per heavy atom. The fourth-order valence-corrected chi connectivity index (χ4v) is 4.41. The van der Waals surface area contributed by atoms with Crippen molar-refractivity contribution in [1.82, 2.24) is 20.4 Å². The number of carbonyl (C=O) groups excluding carboxylic acids is 1. The summed E-state index contributed by atoms with van der Waals surface area (Å²) >= 11 is 0. The molecule has 1 aromatic rings. The molecule has 0 bridgehead atoms. The maximum absolute atomic E-state index is 12.5. The van der Waals surface area contributed by atoms with Crippen LogP contribution in [0.4, 0.5) is 0 Å². The van der Waals surface area contributed by atoms with Crippen LogP contribution in [0.2, 0.25) is 0 Å². The number of H-pyrrole nitrogens is 1. The van der Waals surface area contributed by atoms with Crippen molar-refractivity contribution >= 4 is 5.91 Å². The first-order chi connectivity index (χ1) is 10.3. The first-order valence-corrected chi connectivity index (χ1v) is 8.27. The molecule has 3 heterocycles. The number of piperidine rings is 2. The summed E-state index contributed by atoms with van der Waals surface area (Å²) in [4.78, 5) is 14.7. The zero-order chi connectivity index (χ0) is 14.3. The fourth-order valence-electron chi connectivity index (χ4n) is 4.41. The van der Waals surface area contributed by atoms with E-state index in [1.54, 1.807) is 0 Å². The minimum absolute atomic E-state index is 0.371. The van der Waals surface area contributed by atoms with Gasteiger partial charge in [0, 0.05) is 24.7 Å². The van der Waals surface area contributed by atoms with E-state index >= 15 is 0 Å². The van der Waals surface area contributed by atoms with Crippen molar-refractivity contribution in [3.8, 4) is 0 Å². The average Bonchev–Trinajstić information content (AvgIpc) is 2.98. The summed E-state index contributed by atoms with van der Waals surface area (Å²) in [5, 5.41) is 10.7. The van der Waals surface area contributed by atoms with E-state index in [1.807, 2.05) is 6.20 Å². The molecule has 1 spiro atoms. The Balaban J connectivity index is 1.52. The molecule has 1 aliphatic carbocycles.